The Kier molecular flexibility index (Phi) is 5.96. The van der Waals surface area contributed by atoms with Gasteiger partial charge in [0, 0.05) is 18.8 Å². The van der Waals surface area contributed by atoms with E-state index in [-0.39, 0.29) is 28.8 Å². The number of ketones is 1. The summed E-state index contributed by atoms with van der Waals surface area (Å²) in [5.41, 5.74) is 2.04. The molecule has 7 unspecified atom stereocenters. The first-order chi connectivity index (χ1) is 14.1. The van der Waals surface area contributed by atoms with Gasteiger partial charge in [0.25, 0.3) is 0 Å². The predicted molar refractivity (Wildman–Crippen MR) is 120 cm³/mol. The Morgan fingerprint density at radius 3 is 2.57 bits per heavy atom. The summed E-state index contributed by atoms with van der Waals surface area (Å²) < 4.78 is 5.88. The van der Waals surface area contributed by atoms with Gasteiger partial charge in [-0.15, -0.1) is 0 Å². The summed E-state index contributed by atoms with van der Waals surface area (Å²) in [5, 5.41) is 0. The zero-order valence-corrected chi connectivity index (χ0v) is 19.8. The van der Waals surface area contributed by atoms with E-state index >= 15 is 0 Å². The van der Waals surface area contributed by atoms with Crippen molar-refractivity contribution in [2.45, 2.75) is 105 Å². The van der Waals surface area contributed by atoms with Gasteiger partial charge in [-0.05, 0) is 92.8 Å². The van der Waals surface area contributed by atoms with E-state index in [0.29, 0.717) is 24.0 Å². The standard InChI is InChI=1S/C27H42O3/c1-17(2)6-11-25(29)30-20-12-14-26(4)19(16-20)7-8-21-23-10-9-22(18(3)28)27(23,5)15-13-24(21)26/h7,17,20-24H,6,8-16H2,1-5H3. The first kappa shape index (κ1) is 22.1. The number of rotatable bonds is 5. The average molecular weight is 415 g/mol. The molecule has 3 nitrogen and oxygen atoms in total. The molecule has 0 heterocycles. The molecule has 3 saturated carbocycles. The average Bonchev–Trinajstić information content (AvgIpc) is 3.04. The third-order valence-corrected chi connectivity index (χ3v) is 9.77. The fraction of sp³-hybridized carbons (Fsp3) is 0.852. The topological polar surface area (TPSA) is 43.4 Å². The van der Waals surface area contributed by atoms with Crippen LogP contribution >= 0.6 is 0 Å². The van der Waals surface area contributed by atoms with Gasteiger partial charge in [0.1, 0.15) is 11.9 Å². The van der Waals surface area contributed by atoms with Gasteiger partial charge in [-0.2, -0.15) is 0 Å². The normalized spacial score (nSPS) is 42.7. The largest absolute Gasteiger partial charge is 0.462 e. The van der Waals surface area contributed by atoms with Crippen LogP contribution in [0.2, 0.25) is 0 Å². The molecule has 30 heavy (non-hydrogen) atoms. The lowest BCUT2D eigenvalue weighted by atomic mass is 9.47. The van der Waals surface area contributed by atoms with Crippen LogP contribution in [0.1, 0.15) is 98.8 Å². The molecule has 4 aliphatic rings. The fourth-order valence-corrected chi connectivity index (χ4v) is 8.05. The van der Waals surface area contributed by atoms with Crippen LogP contribution in [0.5, 0.6) is 0 Å². The third-order valence-electron chi connectivity index (χ3n) is 9.77. The minimum atomic E-state index is -0.0127. The Balaban J connectivity index is 1.46. The number of hydrogen-bond donors (Lipinski definition) is 0. The van der Waals surface area contributed by atoms with Crippen molar-refractivity contribution in [3.8, 4) is 0 Å². The monoisotopic (exact) mass is 414 g/mol. The summed E-state index contributed by atoms with van der Waals surface area (Å²) in [6, 6.07) is 0. The smallest absolute Gasteiger partial charge is 0.306 e. The SMILES string of the molecule is CC(=O)C1CCC2C3CC=C4CC(OC(=O)CCC(C)C)CCC4(C)C3CCC12C. The minimum absolute atomic E-state index is 0.0127. The zero-order valence-electron chi connectivity index (χ0n) is 19.8. The number of hydrogen-bond acceptors (Lipinski definition) is 3. The van der Waals surface area contributed by atoms with Gasteiger partial charge < -0.3 is 4.74 Å². The molecule has 3 heteroatoms. The maximum Gasteiger partial charge on any atom is 0.306 e. The molecule has 0 radical (unpaired) electrons. The van der Waals surface area contributed by atoms with Gasteiger partial charge >= 0.3 is 5.97 Å². The molecule has 0 bridgehead atoms. The van der Waals surface area contributed by atoms with Crippen LogP contribution < -0.4 is 0 Å². The van der Waals surface area contributed by atoms with Crippen LogP contribution in [0, 0.1) is 40.4 Å². The summed E-state index contributed by atoms with van der Waals surface area (Å²) in [7, 11) is 0. The lowest BCUT2D eigenvalue weighted by Gasteiger charge is -2.58. The molecule has 0 aliphatic heterocycles. The highest BCUT2D eigenvalue weighted by atomic mass is 16.5. The molecule has 0 aromatic rings. The summed E-state index contributed by atoms with van der Waals surface area (Å²) in [6.07, 6.45) is 13.1. The molecule has 0 amide bonds. The Morgan fingerprint density at radius 1 is 1.10 bits per heavy atom. The number of Topliss-reactive ketones (excluding diaryl/α,β-unsaturated/α-hetero) is 1. The molecule has 0 aromatic heterocycles. The van der Waals surface area contributed by atoms with Crippen molar-refractivity contribution in [2.24, 2.45) is 40.4 Å². The molecule has 0 spiro atoms. The van der Waals surface area contributed by atoms with Crippen molar-refractivity contribution >= 4 is 11.8 Å². The molecule has 0 saturated heterocycles. The van der Waals surface area contributed by atoms with Crippen molar-refractivity contribution in [1.29, 1.82) is 0 Å². The van der Waals surface area contributed by atoms with Crippen molar-refractivity contribution in [2.75, 3.05) is 0 Å². The molecule has 4 aliphatic carbocycles. The maximum atomic E-state index is 12.3. The highest BCUT2D eigenvalue weighted by Crippen LogP contribution is 2.66. The highest BCUT2D eigenvalue weighted by molar-refractivity contribution is 5.79. The molecular weight excluding hydrogens is 372 g/mol. The van der Waals surface area contributed by atoms with E-state index in [4.69, 9.17) is 4.74 Å². The molecule has 0 aromatic carbocycles. The van der Waals surface area contributed by atoms with Gasteiger partial charge in [-0.25, -0.2) is 0 Å². The molecule has 168 valence electrons. The van der Waals surface area contributed by atoms with E-state index in [1.54, 1.807) is 5.57 Å². The van der Waals surface area contributed by atoms with Crippen LogP contribution in [0.4, 0.5) is 0 Å². The lowest BCUT2D eigenvalue weighted by molar-refractivity contribution is -0.152. The number of fused-ring (bicyclic) bond motifs is 5. The summed E-state index contributed by atoms with van der Waals surface area (Å²) in [5.74, 6) is 3.39. The second-order valence-corrected chi connectivity index (χ2v) is 11.8. The second kappa shape index (κ2) is 8.10. The number of carbonyl (C=O) groups is 2. The number of carbonyl (C=O) groups excluding carboxylic acids is 2. The van der Waals surface area contributed by atoms with Gasteiger partial charge in [0.15, 0.2) is 0 Å². The van der Waals surface area contributed by atoms with E-state index < -0.39 is 0 Å². The van der Waals surface area contributed by atoms with Crippen LogP contribution in [0.3, 0.4) is 0 Å². The fourth-order valence-electron chi connectivity index (χ4n) is 8.05. The Bertz CT molecular complexity index is 722. The van der Waals surface area contributed by atoms with Crippen molar-refractivity contribution in [1.82, 2.24) is 0 Å². The van der Waals surface area contributed by atoms with Crippen LogP contribution in [0.25, 0.3) is 0 Å². The van der Waals surface area contributed by atoms with Crippen LogP contribution in [-0.4, -0.2) is 17.9 Å². The molecule has 3 fully saturated rings. The Hall–Kier alpha value is -1.12. The van der Waals surface area contributed by atoms with Gasteiger partial charge in [0.05, 0.1) is 0 Å². The van der Waals surface area contributed by atoms with Gasteiger partial charge in [-0.1, -0.05) is 39.3 Å². The van der Waals surface area contributed by atoms with Gasteiger partial charge in [0.2, 0.25) is 0 Å². The predicted octanol–water partition coefficient (Wildman–Crippen LogP) is 6.50. The van der Waals surface area contributed by atoms with E-state index in [2.05, 4.69) is 33.8 Å². The first-order valence-corrected chi connectivity index (χ1v) is 12.5. The minimum Gasteiger partial charge on any atom is -0.462 e. The third kappa shape index (κ3) is 3.69. The number of allylic oxidation sites excluding steroid dienone is 1. The van der Waals surface area contributed by atoms with E-state index in [9.17, 15) is 9.59 Å². The molecule has 7 atom stereocenters. The summed E-state index contributed by atoms with van der Waals surface area (Å²) in [6.45, 7) is 11.0. The number of esters is 1. The van der Waals surface area contributed by atoms with E-state index in [1.807, 2.05) is 6.92 Å². The Morgan fingerprint density at radius 2 is 1.87 bits per heavy atom. The maximum absolute atomic E-state index is 12.3. The first-order valence-electron chi connectivity index (χ1n) is 12.5. The zero-order chi connectivity index (χ0) is 21.7. The summed E-state index contributed by atoms with van der Waals surface area (Å²) in [4.78, 5) is 24.6. The second-order valence-electron chi connectivity index (χ2n) is 11.8. The quantitative estimate of drug-likeness (QED) is 0.381. The highest BCUT2D eigenvalue weighted by Gasteiger charge is 2.59. The Labute approximate surface area is 183 Å². The lowest BCUT2D eigenvalue weighted by Crippen LogP contribution is -2.51. The summed E-state index contributed by atoms with van der Waals surface area (Å²) >= 11 is 0. The van der Waals surface area contributed by atoms with E-state index in [0.717, 1.165) is 50.4 Å². The number of ether oxygens (including phenoxy) is 1. The molecule has 4 rings (SSSR count). The van der Waals surface area contributed by atoms with Crippen molar-refractivity contribution < 1.29 is 14.3 Å². The van der Waals surface area contributed by atoms with Crippen LogP contribution in [0.15, 0.2) is 11.6 Å². The molecular formula is C27H42O3. The van der Waals surface area contributed by atoms with Crippen LogP contribution in [-0.2, 0) is 14.3 Å². The van der Waals surface area contributed by atoms with Crippen molar-refractivity contribution in [3.63, 3.8) is 0 Å². The van der Waals surface area contributed by atoms with E-state index in [1.165, 1.54) is 19.3 Å². The molecule has 0 N–H and O–H groups in total. The van der Waals surface area contributed by atoms with Gasteiger partial charge in [-0.3, -0.25) is 9.59 Å². The van der Waals surface area contributed by atoms with Crippen molar-refractivity contribution in [3.05, 3.63) is 11.6 Å².